The number of hydrogen-bond acceptors (Lipinski definition) is 3. The maximum absolute atomic E-state index is 11.5. The molecule has 0 atom stereocenters. The molecular formula is C9H5BrClNO2S. The van der Waals surface area contributed by atoms with E-state index in [0.29, 0.717) is 5.52 Å². The van der Waals surface area contributed by atoms with Crippen LogP contribution in [-0.4, -0.2) is 16.4 Å². The van der Waals surface area contributed by atoms with E-state index in [-0.39, 0.29) is 10.8 Å². The molecule has 15 heavy (non-hydrogen) atoms. The van der Waals surface area contributed by atoms with Gasteiger partial charge in [-0.05, 0) is 18.2 Å². The molecule has 0 spiro atoms. The highest BCUT2D eigenvalue weighted by Crippen LogP contribution is 2.21. The smallest absolute Gasteiger partial charge is 0.273 e. The van der Waals surface area contributed by atoms with Gasteiger partial charge in [0.05, 0.1) is 10.2 Å². The molecule has 6 heteroatoms. The molecule has 78 valence electrons. The zero-order valence-corrected chi connectivity index (χ0v) is 10.5. The minimum atomic E-state index is -0.393. The van der Waals surface area contributed by atoms with E-state index in [1.165, 1.54) is 0 Å². The van der Waals surface area contributed by atoms with Crippen LogP contribution < -0.4 is 4.87 Å². The summed E-state index contributed by atoms with van der Waals surface area (Å²) in [6.45, 7) is 0. The van der Waals surface area contributed by atoms with E-state index in [0.717, 1.165) is 25.1 Å². The molecule has 0 aliphatic heterocycles. The normalized spacial score (nSPS) is 10.8. The summed E-state index contributed by atoms with van der Waals surface area (Å²) < 4.78 is 2.76. The van der Waals surface area contributed by atoms with Crippen LogP contribution in [0.15, 0.2) is 27.5 Å². The highest BCUT2D eigenvalue weighted by molar-refractivity contribution is 9.10. The van der Waals surface area contributed by atoms with Crippen LogP contribution in [0.3, 0.4) is 0 Å². The van der Waals surface area contributed by atoms with Gasteiger partial charge in [-0.25, -0.2) is 4.57 Å². The molecule has 0 amide bonds. The van der Waals surface area contributed by atoms with Gasteiger partial charge in [-0.2, -0.15) is 0 Å². The highest BCUT2D eigenvalue weighted by atomic mass is 79.9. The summed E-state index contributed by atoms with van der Waals surface area (Å²) in [5.41, 5.74) is 0.610. The average molecular weight is 307 g/mol. The summed E-state index contributed by atoms with van der Waals surface area (Å²) in [6.07, 6.45) is 0. The first-order valence-electron chi connectivity index (χ1n) is 4.04. The number of thiazole rings is 1. The number of rotatable bonds is 1. The molecule has 1 heterocycles. The van der Waals surface area contributed by atoms with Crippen molar-refractivity contribution in [3.8, 4) is 0 Å². The van der Waals surface area contributed by atoms with E-state index in [9.17, 15) is 9.59 Å². The molecule has 3 nitrogen and oxygen atoms in total. The van der Waals surface area contributed by atoms with Crippen molar-refractivity contribution in [2.24, 2.45) is 0 Å². The Balaban J connectivity index is 2.80. The minimum Gasteiger partial charge on any atom is -0.273 e. The van der Waals surface area contributed by atoms with Gasteiger partial charge in [0.25, 0.3) is 0 Å². The number of aromatic nitrogens is 1. The molecule has 1 aromatic heterocycles. The molecule has 0 aliphatic carbocycles. The van der Waals surface area contributed by atoms with Crippen molar-refractivity contribution in [2.75, 3.05) is 5.88 Å². The molecule has 0 unspecified atom stereocenters. The summed E-state index contributed by atoms with van der Waals surface area (Å²) in [6, 6.07) is 5.31. The minimum absolute atomic E-state index is 0.193. The monoisotopic (exact) mass is 305 g/mol. The lowest BCUT2D eigenvalue weighted by Gasteiger charge is -1.98. The average Bonchev–Trinajstić information content (AvgIpc) is 2.52. The maximum Gasteiger partial charge on any atom is 0.314 e. The van der Waals surface area contributed by atoms with Gasteiger partial charge in [0.2, 0.25) is 5.91 Å². The fourth-order valence-electron chi connectivity index (χ4n) is 1.29. The molecule has 0 saturated heterocycles. The van der Waals surface area contributed by atoms with E-state index < -0.39 is 5.91 Å². The number of benzene rings is 1. The molecule has 2 aromatic rings. The number of fused-ring (bicyclic) bond motifs is 1. The lowest BCUT2D eigenvalue weighted by Crippen LogP contribution is -2.22. The summed E-state index contributed by atoms with van der Waals surface area (Å²) >= 11 is 9.77. The number of carbonyl (C=O) groups is 1. The molecule has 0 radical (unpaired) electrons. The number of alkyl halides is 1. The zero-order chi connectivity index (χ0) is 11.0. The molecule has 0 fully saturated rings. The Morgan fingerprint density at radius 3 is 2.93 bits per heavy atom. The molecule has 0 N–H and O–H groups in total. The van der Waals surface area contributed by atoms with Crippen molar-refractivity contribution in [1.82, 2.24) is 4.57 Å². The van der Waals surface area contributed by atoms with E-state index >= 15 is 0 Å². The van der Waals surface area contributed by atoms with Gasteiger partial charge in [0, 0.05) is 4.47 Å². The number of nitrogens with zero attached hydrogens (tertiary/aromatic N) is 1. The van der Waals surface area contributed by atoms with Crippen LogP contribution >= 0.6 is 38.9 Å². The van der Waals surface area contributed by atoms with Crippen molar-refractivity contribution >= 4 is 55.0 Å². The Kier molecular flexibility index (Phi) is 2.95. The lowest BCUT2D eigenvalue weighted by molar-refractivity contribution is 0.0943. The second kappa shape index (κ2) is 4.08. The van der Waals surface area contributed by atoms with Gasteiger partial charge in [-0.15, -0.1) is 11.6 Å². The standard InChI is InChI=1S/C9H5BrClNO2S/c10-5-1-2-6-7(3-5)15-9(14)12(6)8(13)4-11/h1-3H,4H2. The molecule has 1 aromatic carbocycles. The quantitative estimate of drug-likeness (QED) is 0.760. The van der Waals surface area contributed by atoms with Crippen LogP contribution in [-0.2, 0) is 0 Å². The Bertz CT molecular complexity index is 589. The Morgan fingerprint density at radius 2 is 2.27 bits per heavy atom. The van der Waals surface area contributed by atoms with Gasteiger partial charge < -0.3 is 0 Å². The third-order valence-corrected chi connectivity index (χ3v) is 3.53. The highest BCUT2D eigenvalue weighted by Gasteiger charge is 2.13. The van der Waals surface area contributed by atoms with Gasteiger partial charge >= 0.3 is 4.87 Å². The number of hydrogen-bond donors (Lipinski definition) is 0. The van der Waals surface area contributed by atoms with E-state index in [2.05, 4.69) is 15.9 Å². The Hall–Kier alpha value is -0.650. The maximum atomic E-state index is 11.5. The van der Waals surface area contributed by atoms with Crippen molar-refractivity contribution in [3.05, 3.63) is 32.3 Å². The third kappa shape index (κ3) is 1.87. The predicted molar refractivity (Wildman–Crippen MR) is 65.1 cm³/mol. The fourth-order valence-corrected chi connectivity index (χ4v) is 2.85. The van der Waals surface area contributed by atoms with Crippen molar-refractivity contribution < 1.29 is 4.79 Å². The topological polar surface area (TPSA) is 39.1 Å². The van der Waals surface area contributed by atoms with E-state index in [1.54, 1.807) is 18.2 Å². The molecule has 0 saturated carbocycles. The molecule has 2 rings (SSSR count). The van der Waals surface area contributed by atoms with Gasteiger partial charge in [-0.3, -0.25) is 9.59 Å². The number of halogens is 2. The third-order valence-electron chi connectivity index (χ3n) is 1.91. The van der Waals surface area contributed by atoms with Crippen LogP contribution in [0.5, 0.6) is 0 Å². The Morgan fingerprint density at radius 1 is 1.53 bits per heavy atom. The Labute approximate surface area is 102 Å². The molecule has 0 aliphatic rings. The van der Waals surface area contributed by atoms with E-state index in [4.69, 9.17) is 11.6 Å². The summed E-state index contributed by atoms with van der Waals surface area (Å²) in [4.78, 5) is 22.7. The zero-order valence-electron chi connectivity index (χ0n) is 7.37. The summed E-state index contributed by atoms with van der Waals surface area (Å²) in [7, 11) is 0. The largest absolute Gasteiger partial charge is 0.314 e. The van der Waals surface area contributed by atoms with Crippen LogP contribution in [0, 0.1) is 0 Å². The van der Waals surface area contributed by atoms with Crippen LogP contribution in [0.25, 0.3) is 10.2 Å². The van der Waals surface area contributed by atoms with Gasteiger partial charge in [-0.1, -0.05) is 27.3 Å². The number of carbonyl (C=O) groups excluding carboxylic acids is 1. The van der Waals surface area contributed by atoms with Crippen molar-refractivity contribution in [1.29, 1.82) is 0 Å². The van der Waals surface area contributed by atoms with Crippen LogP contribution in [0.1, 0.15) is 4.79 Å². The van der Waals surface area contributed by atoms with Crippen LogP contribution in [0.2, 0.25) is 0 Å². The first-order chi connectivity index (χ1) is 7.13. The predicted octanol–water partition coefficient (Wildman–Crippen LogP) is 2.70. The molecule has 0 bridgehead atoms. The fraction of sp³-hybridized carbons (Fsp3) is 0.111. The summed E-state index contributed by atoms with van der Waals surface area (Å²) in [5.74, 6) is -0.586. The van der Waals surface area contributed by atoms with Gasteiger partial charge in [0.15, 0.2) is 0 Å². The first-order valence-corrected chi connectivity index (χ1v) is 6.18. The molecular weight excluding hydrogens is 302 g/mol. The SMILES string of the molecule is O=C(CCl)n1c(=O)sc2cc(Br)ccc21. The van der Waals surface area contributed by atoms with Crippen molar-refractivity contribution in [2.45, 2.75) is 0 Å². The van der Waals surface area contributed by atoms with Crippen LogP contribution in [0.4, 0.5) is 0 Å². The van der Waals surface area contributed by atoms with Crippen molar-refractivity contribution in [3.63, 3.8) is 0 Å². The first kappa shape index (κ1) is 10.9. The second-order valence-electron chi connectivity index (χ2n) is 2.84. The summed E-state index contributed by atoms with van der Waals surface area (Å²) in [5, 5.41) is 0. The lowest BCUT2D eigenvalue weighted by atomic mass is 10.3. The second-order valence-corrected chi connectivity index (χ2v) is 5.02. The van der Waals surface area contributed by atoms with E-state index in [1.807, 2.05) is 0 Å². The van der Waals surface area contributed by atoms with Gasteiger partial charge in [0.1, 0.15) is 5.88 Å².